The molecule has 0 atom stereocenters. The summed E-state index contributed by atoms with van der Waals surface area (Å²) in [6.07, 6.45) is 2.27. The molecule has 4 heteroatoms. The summed E-state index contributed by atoms with van der Waals surface area (Å²) in [5, 5.41) is 8.76. The number of carbonyl (C=O) groups is 1. The monoisotopic (exact) mass is 266 g/mol. The zero-order valence-electron chi connectivity index (χ0n) is 11.4. The molecule has 0 unspecified atom stereocenters. The highest BCUT2D eigenvalue weighted by molar-refractivity contribution is 6.76. The molecular formula is C14H22O3Si. The third-order valence-corrected chi connectivity index (χ3v) is 4.54. The molecule has 0 aliphatic rings. The molecule has 0 saturated heterocycles. The minimum Gasteiger partial charge on any atom is -0.494 e. The van der Waals surface area contributed by atoms with Gasteiger partial charge >= 0.3 is 5.97 Å². The molecule has 100 valence electrons. The summed E-state index contributed by atoms with van der Waals surface area (Å²) < 4.78 is 5.58. The first-order valence-corrected chi connectivity index (χ1v) is 10.1. The molecule has 18 heavy (non-hydrogen) atoms. The molecule has 0 saturated carbocycles. The van der Waals surface area contributed by atoms with Crippen LogP contribution in [0.1, 0.15) is 23.2 Å². The van der Waals surface area contributed by atoms with Crippen molar-refractivity contribution in [1.82, 2.24) is 0 Å². The summed E-state index contributed by atoms with van der Waals surface area (Å²) in [6.45, 7) is 7.83. The molecule has 0 heterocycles. The number of ether oxygens (including phenoxy) is 1. The number of unbranched alkanes of at least 4 members (excludes halogenated alkanes) is 1. The van der Waals surface area contributed by atoms with Crippen molar-refractivity contribution >= 4 is 14.0 Å². The maximum absolute atomic E-state index is 10.7. The van der Waals surface area contributed by atoms with E-state index in [9.17, 15) is 4.79 Å². The number of aromatic carboxylic acids is 1. The van der Waals surface area contributed by atoms with Gasteiger partial charge < -0.3 is 9.84 Å². The van der Waals surface area contributed by atoms with E-state index in [2.05, 4.69) is 19.6 Å². The topological polar surface area (TPSA) is 46.5 Å². The predicted molar refractivity (Wildman–Crippen MR) is 76.3 cm³/mol. The van der Waals surface area contributed by atoms with Crippen molar-refractivity contribution in [1.29, 1.82) is 0 Å². The third kappa shape index (κ3) is 5.86. The fourth-order valence-electron chi connectivity index (χ4n) is 1.64. The van der Waals surface area contributed by atoms with E-state index in [0.717, 1.165) is 12.2 Å². The molecule has 1 N–H and O–H groups in total. The molecule has 0 bridgehead atoms. The van der Waals surface area contributed by atoms with Crippen molar-refractivity contribution in [2.45, 2.75) is 38.5 Å². The van der Waals surface area contributed by atoms with E-state index in [1.54, 1.807) is 24.3 Å². The van der Waals surface area contributed by atoms with Crippen LogP contribution in [0, 0.1) is 0 Å². The Morgan fingerprint density at radius 1 is 1.17 bits per heavy atom. The standard InChI is InChI=1S/C14H22O3Si/c1-18(2,3)11-5-4-10-17-13-8-6-12(7-9-13)14(15)16/h6-9H,4-5,10-11H2,1-3H3,(H,15,16). The number of rotatable bonds is 7. The zero-order valence-corrected chi connectivity index (χ0v) is 12.4. The van der Waals surface area contributed by atoms with Gasteiger partial charge in [0.15, 0.2) is 0 Å². The van der Waals surface area contributed by atoms with E-state index in [1.807, 2.05) is 0 Å². The molecule has 0 radical (unpaired) electrons. The quantitative estimate of drug-likeness (QED) is 0.601. The van der Waals surface area contributed by atoms with Gasteiger partial charge in [0, 0.05) is 8.07 Å². The SMILES string of the molecule is C[Si](C)(C)CCCCOc1ccc(C(=O)O)cc1. The molecule has 0 amide bonds. The first-order chi connectivity index (χ1) is 8.38. The minimum atomic E-state index is -0.927. The first-order valence-electron chi connectivity index (χ1n) is 6.35. The van der Waals surface area contributed by atoms with Crippen molar-refractivity contribution in [3.8, 4) is 5.75 Å². The second kappa shape index (κ2) is 6.59. The van der Waals surface area contributed by atoms with Crippen LogP contribution in [0.4, 0.5) is 0 Å². The Bertz CT molecular complexity index is 379. The average molecular weight is 266 g/mol. The van der Waals surface area contributed by atoms with E-state index in [-0.39, 0.29) is 0 Å². The van der Waals surface area contributed by atoms with Crippen LogP contribution in [-0.2, 0) is 0 Å². The van der Waals surface area contributed by atoms with Crippen molar-refractivity contribution in [3.63, 3.8) is 0 Å². The average Bonchev–Trinajstić information content (AvgIpc) is 2.27. The number of carboxylic acids is 1. The summed E-state index contributed by atoms with van der Waals surface area (Å²) in [4.78, 5) is 10.7. The fourth-order valence-corrected chi connectivity index (χ4v) is 2.95. The van der Waals surface area contributed by atoms with Crippen LogP contribution >= 0.6 is 0 Å². The van der Waals surface area contributed by atoms with Gasteiger partial charge in [0.05, 0.1) is 12.2 Å². The van der Waals surface area contributed by atoms with Crippen molar-refractivity contribution < 1.29 is 14.6 Å². The summed E-state index contributed by atoms with van der Waals surface area (Å²) in [6, 6.07) is 7.89. The maximum Gasteiger partial charge on any atom is 0.335 e. The number of hydrogen-bond acceptors (Lipinski definition) is 2. The highest BCUT2D eigenvalue weighted by atomic mass is 28.3. The Hall–Kier alpha value is -1.29. The zero-order chi connectivity index (χ0) is 13.6. The predicted octanol–water partition coefficient (Wildman–Crippen LogP) is 3.88. The van der Waals surface area contributed by atoms with Crippen LogP contribution in [0.25, 0.3) is 0 Å². The molecule has 0 aromatic heterocycles. The van der Waals surface area contributed by atoms with Gasteiger partial charge in [-0.3, -0.25) is 0 Å². The van der Waals surface area contributed by atoms with Crippen LogP contribution in [-0.4, -0.2) is 25.8 Å². The lowest BCUT2D eigenvalue weighted by Gasteiger charge is -2.15. The molecule has 3 nitrogen and oxygen atoms in total. The second-order valence-electron chi connectivity index (χ2n) is 5.70. The summed E-state index contributed by atoms with van der Waals surface area (Å²) in [5.41, 5.74) is 0.293. The maximum atomic E-state index is 10.7. The number of hydrogen-bond donors (Lipinski definition) is 1. The summed E-state index contributed by atoms with van der Waals surface area (Å²) >= 11 is 0. The number of carboxylic acid groups (broad SMARTS) is 1. The molecule has 1 rings (SSSR count). The Kier molecular flexibility index (Phi) is 5.41. The van der Waals surface area contributed by atoms with E-state index < -0.39 is 14.0 Å². The highest BCUT2D eigenvalue weighted by Crippen LogP contribution is 2.15. The van der Waals surface area contributed by atoms with E-state index >= 15 is 0 Å². The summed E-state index contributed by atoms with van der Waals surface area (Å²) in [7, 11) is -0.927. The smallest absolute Gasteiger partial charge is 0.335 e. The van der Waals surface area contributed by atoms with Gasteiger partial charge in [-0.2, -0.15) is 0 Å². The summed E-state index contributed by atoms with van der Waals surface area (Å²) in [5.74, 6) is -0.162. The lowest BCUT2D eigenvalue weighted by molar-refractivity contribution is 0.0697. The van der Waals surface area contributed by atoms with Crippen LogP contribution in [0.15, 0.2) is 24.3 Å². The van der Waals surface area contributed by atoms with Crippen LogP contribution < -0.4 is 4.74 Å². The van der Waals surface area contributed by atoms with Gasteiger partial charge in [0.1, 0.15) is 5.75 Å². The lowest BCUT2D eigenvalue weighted by atomic mass is 10.2. The van der Waals surface area contributed by atoms with Crippen LogP contribution in [0.3, 0.4) is 0 Å². The Morgan fingerprint density at radius 2 is 1.78 bits per heavy atom. The third-order valence-electron chi connectivity index (χ3n) is 2.69. The van der Waals surface area contributed by atoms with Crippen molar-refractivity contribution in [2.75, 3.05) is 6.61 Å². The first kappa shape index (κ1) is 14.8. The molecule has 0 spiro atoms. The van der Waals surface area contributed by atoms with E-state index in [4.69, 9.17) is 9.84 Å². The van der Waals surface area contributed by atoms with Gasteiger partial charge in [-0.15, -0.1) is 0 Å². The highest BCUT2D eigenvalue weighted by Gasteiger charge is 2.11. The van der Waals surface area contributed by atoms with E-state index in [0.29, 0.717) is 12.2 Å². The van der Waals surface area contributed by atoms with Gasteiger partial charge in [-0.1, -0.05) is 32.1 Å². The largest absolute Gasteiger partial charge is 0.494 e. The molecule has 0 fully saturated rings. The molecule has 1 aromatic carbocycles. The minimum absolute atomic E-state index is 0.293. The fraction of sp³-hybridized carbons (Fsp3) is 0.500. The van der Waals surface area contributed by atoms with Gasteiger partial charge in [0.2, 0.25) is 0 Å². The van der Waals surface area contributed by atoms with Crippen LogP contribution in [0.5, 0.6) is 5.75 Å². The Balaban J connectivity index is 2.25. The Labute approximate surface area is 110 Å². The Morgan fingerprint density at radius 3 is 2.28 bits per heavy atom. The normalized spacial score (nSPS) is 11.3. The van der Waals surface area contributed by atoms with Crippen LogP contribution in [0.2, 0.25) is 25.7 Å². The molecule has 0 aliphatic heterocycles. The van der Waals surface area contributed by atoms with Crippen molar-refractivity contribution in [2.24, 2.45) is 0 Å². The molecular weight excluding hydrogens is 244 g/mol. The van der Waals surface area contributed by atoms with E-state index in [1.165, 1.54) is 12.5 Å². The van der Waals surface area contributed by atoms with Gasteiger partial charge in [-0.25, -0.2) is 4.79 Å². The number of benzene rings is 1. The van der Waals surface area contributed by atoms with Gasteiger partial charge in [-0.05, 0) is 30.7 Å². The lowest BCUT2D eigenvalue weighted by Crippen LogP contribution is -2.18. The molecule has 0 aliphatic carbocycles. The molecule has 1 aromatic rings. The second-order valence-corrected chi connectivity index (χ2v) is 11.3. The van der Waals surface area contributed by atoms with Gasteiger partial charge in [0.25, 0.3) is 0 Å². The van der Waals surface area contributed by atoms with Crippen molar-refractivity contribution in [3.05, 3.63) is 29.8 Å².